The molecule has 0 spiro atoms. The summed E-state index contributed by atoms with van der Waals surface area (Å²) in [7, 11) is 0. The topological polar surface area (TPSA) is 101 Å². The number of aryl methyl sites for hydroxylation is 1. The molecular formula is C13H19N7O. The maximum atomic E-state index is 12.2. The molecule has 1 unspecified atom stereocenters. The lowest BCUT2D eigenvalue weighted by Gasteiger charge is -2.12. The predicted molar refractivity (Wildman–Crippen MR) is 74.7 cm³/mol. The summed E-state index contributed by atoms with van der Waals surface area (Å²) in [6, 6.07) is -0.224. The molecule has 2 aromatic heterocycles. The standard InChI is InChI=1S/C13H19N7O/c1-7(2)10-15-11(18-17-10)13(21)14-8(3)12-19-16-9-5-4-6-20(9)12/h7-8H,4-6H2,1-3H3,(H,14,21)(H,15,17,18). The van der Waals surface area contributed by atoms with E-state index >= 15 is 0 Å². The molecular weight excluding hydrogens is 270 g/mol. The molecule has 0 aliphatic carbocycles. The number of H-pyrrole nitrogens is 1. The highest BCUT2D eigenvalue weighted by Gasteiger charge is 2.24. The number of aromatic amines is 1. The molecule has 1 aliphatic heterocycles. The fourth-order valence-corrected chi connectivity index (χ4v) is 2.45. The van der Waals surface area contributed by atoms with E-state index in [1.54, 1.807) is 0 Å². The van der Waals surface area contributed by atoms with Gasteiger partial charge in [0.05, 0.1) is 6.04 Å². The highest BCUT2D eigenvalue weighted by atomic mass is 16.2. The van der Waals surface area contributed by atoms with Crippen LogP contribution in [0, 0.1) is 0 Å². The molecule has 0 saturated heterocycles. The van der Waals surface area contributed by atoms with Crippen LogP contribution in [0.2, 0.25) is 0 Å². The number of carbonyl (C=O) groups is 1. The molecule has 8 nitrogen and oxygen atoms in total. The lowest BCUT2D eigenvalue weighted by atomic mass is 10.2. The van der Waals surface area contributed by atoms with Crippen molar-refractivity contribution in [3.63, 3.8) is 0 Å². The molecule has 21 heavy (non-hydrogen) atoms. The molecule has 0 saturated carbocycles. The molecule has 1 atom stereocenters. The minimum Gasteiger partial charge on any atom is -0.340 e. The second-order valence-corrected chi connectivity index (χ2v) is 5.62. The van der Waals surface area contributed by atoms with E-state index in [-0.39, 0.29) is 23.7 Å². The Morgan fingerprint density at radius 2 is 2.14 bits per heavy atom. The zero-order valence-corrected chi connectivity index (χ0v) is 12.4. The van der Waals surface area contributed by atoms with Gasteiger partial charge in [0.1, 0.15) is 11.6 Å². The third-order valence-electron chi connectivity index (χ3n) is 3.63. The highest BCUT2D eigenvalue weighted by molar-refractivity contribution is 5.90. The first-order chi connectivity index (χ1) is 10.1. The molecule has 2 aromatic rings. The van der Waals surface area contributed by atoms with Crippen molar-refractivity contribution < 1.29 is 4.79 Å². The number of hydrogen-bond donors (Lipinski definition) is 2. The van der Waals surface area contributed by atoms with E-state index in [0.717, 1.165) is 31.0 Å². The van der Waals surface area contributed by atoms with E-state index < -0.39 is 0 Å². The summed E-state index contributed by atoms with van der Waals surface area (Å²) in [6.07, 6.45) is 2.03. The average Bonchev–Trinajstić information content (AvgIpc) is 3.14. The van der Waals surface area contributed by atoms with Crippen molar-refractivity contribution in [2.45, 2.75) is 52.1 Å². The first-order valence-corrected chi connectivity index (χ1v) is 7.21. The van der Waals surface area contributed by atoms with Crippen LogP contribution in [-0.4, -0.2) is 35.9 Å². The SMILES string of the molecule is CC(C)c1nc(C(=O)NC(C)c2nnc3n2CCC3)n[nH]1. The molecule has 0 radical (unpaired) electrons. The van der Waals surface area contributed by atoms with Gasteiger partial charge in [0.15, 0.2) is 5.82 Å². The number of nitrogens with one attached hydrogen (secondary N) is 2. The van der Waals surface area contributed by atoms with Gasteiger partial charge in [-0.2, -0.15) is 0 Å². The third kappa shape index (κ3) is 2.53. The van der Waals surface area contributed by atoms with Crippen molar-refractivity contribution in [1.82, 2.24) is 35.3 Å². The molecule has 0 aromatic carbocycles. The summed E-state index contributed by atoms with van der Waals surface area (Å²) in [6.45, 7) is 6.79. The van der Waals surface area contributed by atoms with E-state index in [9.17, 15) is 4.79 Å². The fourth-order valence-electron chi connectivity index (χ4n) is 2.45. The van der Waals surface area contributed by atoms with Crippen molar-refractivity contribution in [3.05, 3.63) is 23.3 Å². The zero-order chi connectivity index (χ0) is 15.0. The first-order valence-electron chi connectivity index (χ1n) is 7.21. The van der Waals surface area contributed by atoms with Crippen molar-refractivity contribution >= 4 is 5.91 Å². The van der Waals surface area contributed by atoms with Gasteiger partial charge in [0.2, 0.25) is 5.82 Å². The molecule has 3 heterocycles. The van der Waals surface area contributed by atoms with Crippen LogP contribution in [0.4, 0.5) is 0 Å². The van der Waals surface area contributed by atoms with Crippen LogP contribution < -0.4 is 5.32 Å². The third-order valence-corrected chi connectivity index (χ3v) is 3.63. The Bertz CT molecular complexity index is 657. The monoisotopic (exact) mass is 289 g/mol. The summed E-state index contributed by atoms with van der Waals surface area (Å²) < 4.78 is 2.07. The van der Waals surface area contributed by atoms with E-state index in [4.69, 9.17) is 0 Å². The summed E-state index contributed by atoms with van der Waals surface area (Å²) in [5.41, 5.74) is 0. The van der Waals surface area contributed by atoms with Crippen LogP contribution in [0.1, 0.15) is 67.2 Å². The molecule has 0 fully saturated rings. The van der Waals surface area contributed by atoms with Crippen LogP contribution >= 0.6 is 0 Å². The van der Waals surface area contributed by atoms with Gasteiger partial charge in [-0.1, -0.05) is 13.8 Å². The van der Waals surface area contributed by atoms with Crippen molar-refractivity contribution in [3.8, 4) is 0 Å². The number of hydrogen-bond acceptors (Lipinski definition) is 5. The fraction of sp³-hybridized carbons (Fsp3) is 0.615. The van der Waals surface area contributed by atoms with E-state index in [1.807, 2.05) is 20.8 Å². The van der Waals surface area contributed by atoms with Crippen molar-refractivity contribution in [1.29, 1.82) is 0 Å². The van der Waals surface area contributed by atoms with E-state index in [0.29, 0.717) is 5.82 Å². The Morgan fingerprint density at radius 1 is 1.33 bits per heavy atom. The van der Waals surface area contributed by atoms with Gasteiger partial charge in [-0.05, 0) is 13.3 Å². The van der Waals surface area contributed by atoms with Crippen LogP contribution in [0.3, 0.4) is 0 Å². The number of carbonyl (C=O) groups excluding carboxylic acids is 1. The number of fused-ring (bicyclic) bond motifs is 1. The highest BCUT2D eigenvalue weighted by Crippen LogP contribution is 2.19. The number of amides is 1. The van der Waals surface area contributed by atoms with Gasteiger partial charge < -0.3 is 9.88 Å². The minimum atomic E-state index is -0.305. The molecule has 2 N–H and O–H groups in total. The number of aromatic nitrogens is 6. The molecule has 8 heteroatoms. The Morgan fingerprint density at radius 3 is 2.86 bits per heavy atom. The maximum absolute atomic E-state index is 12.2. The number of rotatable bonds is 4. The molecule has 112 valence electrons. The summed E-state index contributed by atoms with van der Waals surface area (Å²) >= 11 is 0. The van der Waals surface area contributed by atoms with Crippen molar-refractivity contribution in [2.75, 3.05) is 0 Å². The van der Waals surface area contributed by atoms with Gasteiger partial charge in [0, 0.05) is 18.9 Å². The molecule has 3 rings (SSSR count). The van der Waals surface area contributed by atoms with Crippen molar-refractivity contribution in [2.24, 2.45) is 0 Å². The first kappa shape index (κ1) is 13.7. The summed E-state index contributed by atoms with van der Waals surface area (Å²) in [5.74, 6) is 2.54. The van der Waals surface area contributed by atoms with Crippen LogP contribution in [0.25, 0.3) is 0 Å². The zero-order valence-electron chi connectivity index (χ0n) is 12.4. The minimum absolute atomic E-state index is 0.159. The lowest BCUT2D eigenvalue weighted by molar-refractivity contribution is 0.0927. The van der Waals surface area contributed by atoms with Gasteiger partial charge >= 0.3 is 0 Å². The normalized spacial score (nSPS) is 15.2. The second kappa shape index (κ2) is 5.27. The Labute approximate surface area is 122 Å². The van der Waals surface area contributed by atoms with Gasteiger partial charge in [-0.3, -0.25) is 9.89 Å². The van der Waals surface area contributed by atoms with Gasteiger partial charge in [-0.15, -0.1) is 15.3 Å². The number of nitrogens with zero attached hydrogens (tertiary/aromatic N) is 5. The van der Waals surface area contributed by atoms with Crippen LogP contribution in [0.5, 0.6) is 0 Å². The van der Waals surface area contributed by atoms with Crippen LogP contribution in [0.15, 0.2) is 0 Å². The molecule has 1 amide bonds. The maximum Gasteiger partial charge on any atom is 0.291 e. The smallest absolute Gasteiger partial charge is 0.291 e. The molecule has 0 bridgehead atoms. The van der Waals surface area contributed by atoms with E-state index in [2.05, 4.69) is 35.3 Å². The Balaban J connectivity index is 1.71. The summed E-state index contributed by atoms with van der Waals surface area (Å²) in [4.78, 5) is 16.4. The van der Waals surface area contributed by atoms with E-state index in [1.165, 1.54) is 0 Å². The second-order valence-electron chi connectivity index (χ2n) is 5.62. The average molecular weight is 289 g/mol. The van der Waals surface area contributed by atoms with Crippen LogP contribution in [-0.2, 0) is 13.0 Å². The largest absolute Gasteiger partial charge is 0.340 e. The van der Waals surface area contributed by atoms with Gasteiger partial charge in [0.25, 0.3) is 5.91 Å². The Kier molecular flexibility index (Phi) is 3.44. The Hall–Kier alpha value is -2.25. The quantitative estimate of drug-likeness (QED) is 0.872. The molecule has 1 aliphatic rings. The van der Waals surface area contributed by atoms with Gasteiger partial charge in [-0.25, -0.2) is 4.98 Å². The lowest BCUT2D eigenvalue weighted by Crippen LogP contribution is -2.29. The predicted octanol–water partition coefficient (Wildman–Crippen LogP) is 0.957. The summed E-state index contributed by atoms with van der Waals surface area (Å²) in [5, 5.41) is 17.9.